The molecule has 0 bridgehead atoms. The standard InChI is InChI=1S/C21H21ClN2O4/c1-14-5-7-15(8-6-14)11-24-12-16(9-20(24)26)21(27)28-13-19(25)23-18-4-2-3-17(22)10-18/h2-8,10,16H,9,11-13H2,1H3,(H,23,25)/t16-/m1/s1. The van der Waals surface area contributed by atoms with E-state index in [9.17, 15) is 14.4 Å². The molecule has 0 aromatic heterocycles. The van der Waals surface area contributed by atoms with Gasteiger partial charge in [0.15, 0.2) is 6.61 Å². The van der Waals surface area contributed by atoms with Crippen molar-refractivity contribution in [2.24, 2.45) is 5.92 Å². The lowest BCUT2D eigenvalue weighted by molar-refractivity contribution is -0.151. The van der Waals surface area contributed by atoms with Crippen LogP contribution in [-0.2, 0) is 25.7 Å². The zero-order chi connectivity index (χ0) is 20.1. The topological polar surface area (TPSA) is 75.7 Å². The number of nitrogens with zero attached hydrogens (tertiary/aromatic N) is 1. The smallest absolute Gasteiger partial charge is 0.311 e. The van der Waals surface area contributed by atoms with Crippen LogP contribution in [0.2, 0.25) is 5.02 Å². The average molecular weight is 401 g/mol. The van der Waals surface area contributed by atoms with Crippen LogP contribution in [0.5, 0.6) is 0 Å². The van der Waals surface area contributed by atoms with Gasteiger partial charge in [0.05, 0.1) is 5.92 Å². The second kappa shape index (κ2) is 8.89. The van der Waals surface area contributed by atoms with Gasteiger partial charge in [0.2, 0.25) is 5.91 Å². The first kappa shape index (κ1) is 19.9. The molecule has 146 valence electrons. The third-order valence-corrected chi connectivity index (χ3v) is 4.73. The minimum Gasteiger partial charge on any atom is -0.455 e. The van der Waals surface area contributed by atoms with Gasteiger partial charge < -0.3 is 15.0 Å². The third kappa shape index (κ3) is 5.33. The summed E-state index contributed by atoms with van der Waals surface area (Å²) in [4.78, 5) is 38.0. The van der Waals surface area contributed by atoms with Crippen LogP contribution in [-0.4, -0.2) is 35.8 Å². The highest BCUT2D eigenvalue weighted by molar-refractivity contribution is 6.30. The lowest BCUT2D eigenvalue weighted by atomic mass is 10.1. The van der Waals surface area contributed by atoms with Crippen LogP contribution < -0.4 is 5.32 Å². The molecule has 0 spiro atoms. The highest BCUT2D eigenvalue weighted by Crippen LogP contribution is 2.22. The van der Waals surface area contributed by atoms with Gasteiger partial charge in [0.25, 0.3) is 5.91 Å². The molecule has 2 amide bonds. The van der Waals surface area contributed by atoms with Crippen molar-refractivity contribution < 1.29 is 19.1 Å². The van der Waals surface area contributed by atoms with Gasteiger partial charge in [-0.25, -0.2) is 0 Å². The van der Waals surface area contributed by atoms with E-state index in [0.29, 0.717) is 23.8 Å². The van der Waals surface area contributed by atoms with Crippen molar-refractivity contribution in [2.45, 2.75) is 19.9 Å². The molecule has 2 aromatic rings. The Labute approximate surface area is 168 Å². The number of anilines is 1. The van der Waals surface area contributed by atoms with Crippen molar-refractivity contribution in [1.29, 1.82) is 0 Å². The maximum absolute atomic E-state index is 12.2. The van der Waals surface area contributed by atoms with Crippen LogP contribution in [0.15, 0.2) is 48.5 Å². The first-order valence-corrected chi connectivity index (χ1v) is 9.34. The Hall–Kier alpha value is -2.86. The van der Waals surface area contributed by atoms with Crippen LogP contribution in [0.4, 0.5) is 5.69 Å². The number of hydrogen-bond acceptors (Lipinski definition) is 4. The fourth-order valence-electron chi connectivity index (χ4n) is 3.01. The summed E-state index contributed by atoms with van der Waals surface area (Å²) in [6, 6.07) is 14.6. The lowest BCUT2D eigenvalue weighted by Gasteiger charge is -2.16. The number of hydrogen-bond donors (Lipinski definition) is 1. The highest BCUT2D eigenvalue weighted by Gasteiger charge is 2.35. The summed E-state index contributed by atoms with van der Waals surface area (Å²) in [6.07, 6.45) is 0.0978. The van der Waals surface area contributed by atoms with Gasteiger partial charge in [-0.3, -0.25) is 14.4 Å². The second-order valence-corrected chi connectivity index (χ2v) is 7.26. The largest absolute Gasteiger partial charge is 0.455 e. The molecule has 7 heteroatoms. The van der Waals surface area contributed by atoms with E-state index in [0.717, 1.165) is 11.1 Å². The van der Waals surface area contributed by atoms with Crippen molar-refractivity contribution in [2.75, 3.05) is 18.5 Å². The number of benzene rings is 2. The second-order valence-electron chi connectivity index (χ2n) is 6.83. The van der Waals surface area contributed by atoms with Gasteiger partial charge in [-0.2, -0.15) is 0 Å². The molecular weight excluding hydrogens is 380 g/mol. The first-order valence-electron chi connectivity index (χ1n) is 8.96. The minimum absolute atomic E-state index is 0.0918. The van der Waals surface area contributed by atoms with Gasteiger partial charge >= 0.3 is 5.97 Å². The van der Waals surface area contributed by atoms with E-state index in [4.69, 9.17) is 16.3 Å². The number of nitrogens with one attached hydrogen (secondary N) is 1. The average Bonchev–Trinajstić information content (AvgIpc) is 3.02. The molecule has 0 aliphatic carbocycles. The van der Waals surface area contributed by atoms with Crippen molar-refractivity contribution in [3.05, 3.63) is 64.7 Å². The maximum atomic E-state index is 12.2. The minimum atomic E-state index is -0.558. The molecule has 1 heterocycles. The molecular formula is C21H21ClN2O4. The highest BCUT2D eigenvalue weighted by atomic mass is 35.5. The van der Waals surface area contributed by atoms with Gasteiger partial charge in [-0.1, -0.05) is 47.5 Å². The molecule has 0 radical (unpaired) electrons. The number of halogens is 1. The van der Waals surface area contributed by atoms with Gasteiger partial charge in [0.1, 0.15) is 0 Å². The van der Waals surface area contributed by atoms with E-state index in [1.54, 1.807) is 29.2 Å². The fourth-order valence-corrected chi connectivity index (χ4v) is 3.20. The molecule has 1 N–H and O–H groups in total. The molecule has 1 atom stereocenters. The molecule has 1 aliphatic heterocycles. The van der Waals surface area contributed by atoms with Crippen molar-refractivity contribution in [3.8, 4) is 0 Å². The lowest BCUT2D eigenvalue weighted by Crippen LogP contribution is -2.28. The molecule has 1 aliphatic rings. The molecule has 2 aromatic carbocycles. The monoisotopic (exact) mass is 400 g/mol. The quantitative estimate of drug-likeness (QED) is 0.755. The van der Waals surface area contributed by atoms with E-state index < -0.39 is 24.4 Å². The number of likely N-dealkylation sites (tertiary alicyclic amines) is 1. The Balaban J connectivity index is 1.47. The molecule has 28 heavy (non-hydrogen) atoms. The molecule has 0 saturated carbocycles. The first-order chi connectivity index (χ1) is 13.4. The van der Waals surface area contributed by atoms with E-state index in [1.165, 1.54) is 0 Å². The van der Waals surface area contributed by atoms with E-state index in [-0.39, 0.29) is 12.3 Å². The van der Waals surface area contributed by atoms with Crippen molar-refractivity contribution in [3.63, 3.8) is 0 Å². The summed E-state index contributed by atoms with van der Waals surface area (Å²) in [6.45, 7) is 2.34. The number of aryl methyl sites for hydroxylation is 1. The Morgan fingerprint density at radius 1 is 1.21 bits per heavy atom. The Bertz CT molecular complexity index is 882. The van der Waals surface area contributed by atoms with Gasteiger partial charge in [-0.05, 0) is 30.7 Å². The normalized spacial score (nSPS) is 16.1. The Kier molecular flexibility index (Phi) is 6.31. The summed E-state index contributed by atoms with van der Waals surface area (Å²) in [5.74, 6) is -1.65. The van der Waals surface area contributed by atoms with Crippen LogP contribution in [0.25, 0.3) is 0 Å². The number of carbonyl (C=O) groups is 3. The van der Waals surface area contributed by atoms with Crippen LogP contribution in [0.3, 0.4) is 0 Å². The summed E-state index contributed by atoms with van der Waals surface area (Å²) in [7, 11) is 0. The third-order valence-electron chi connectivity index (χ3n) is 4.50. The molecule has 3 rings (SSSR count). The molecule has 0 unspecified atom stereocenters. The molecule has 1 saturated heterocycles. The number of esters is 1. The SMILES string of the molecule is Cc1ccc(CN2C[C@H](C(=O)OCC(=O)Nc3cccc(Cl)c3)CC2=O)cc1. The predicted octanol–water partition coefficient (Wildman–Crippen LogP) is 3.18. The number of amides is 2. The summed E-state index contributed by atoms with van der Waals surface area (Å²) < 4.78 is 5.09. The van der Waals surface area contributed by atoms with Crippen molar-refractivity contribution in [1.82, 2.24) is 4.90 Å². The maximum Gasteiger partial charge on any atom is 0.311 e. The van der Waals surface area contributed by atoms with Crippen molar-refractivity contribution >= 4 is 35.1 Å². The zero-order valence-corrected chi connectivity index (χ0v) is 16.2. The number of rotatable bonds is 6. The van der Waals surface area contributed by atoms with E-state index in [2.05, 4.69) is 5.32 Å². The number of carbonyl (C=O) groups excluding carboxylic acids is 3. The van der Waals surface area contributed by atoms with Crippen LogP contribution >= 0.6 is 11.6 Å². The Morgan fingerprint density at radius 3 is 2.68 bits per heavy atom. The van der Waals surface area contributed by atoms with Crippen LogP contribution in [0.1, 0.15) is 17.5 Å². The predicted molar refractivity (Wildman–Crippen MR) is 106 cm³/mol. The fraction of sp³-hybridized carbons (Fsp3) is 0.286. The summed E-state index contributed by atoms with van der Waals surface area (Å²) in [5, 5.41) is 3.10. The zero-order valence-electron chi connectivity index (χ0n) is 15.5. The van der Waals surface area contributed by atoms with Gasteiger partial charge in [0, 0.05) is 30.2 Å². The Morgan fingerprint density at radius 2 is 1.96 bits per heavy atom. The summed E-state index contributed by atoms with van der Waals surface area (Å²) in [5.41, 5.74) is 2.68. The number of ether oxygens (including phenoxy) is 1. The summed E-state index contributed by atoms with van der Waals surface area (Å²) >= 11 is 5.86. The molecule has 6 nitrogen and oxygen atoms in total. The van der Waals surface area contributed by atoms with E-state index in [1.807, 2.05) is 31.2 Å². The van der Waals surface area contributed by atoms with Crippen LogP contribution in [0, 0.1) is 12.8 Å². The van der Waals surface area contributed by atoms with E-state index >= 15 is 0 Å². The molecule has 1 fully saturated rings. The van der Waals surface area contributed by atoms with Gasteiger partial charge in [-0.15, -0.1) is 0 Å².